The van der Waals surface area contributed by atoms with E-state index in [4.69, 9.17) is 0 Å². The van der Waals surface area contributed by atoms with E-state index in [1.807, 2.05) is 6.92 Å². The molecular weight excluding hydrogens is 348 g/mol. The van der Waals surface area contributed by atoms with Crippen LogP contribution in [0.25, 0.3) is 0 Å². The molecule has 0 aliphatic heterocycles. The fourth-order valence-corrected chi connectivity index (χ4v) is 1.93. The van der Waals surface area contributed by atoms with Crippen LogP contribution in [0.2, 0.25) is 0 Å². The summed E-state index contributed by atoms with van der Waals surface area (Å²) in [6.07, 6.45) is 1.53. The van der Waals surface area contributed by atoms with E-state index < -0.39 is 22.2 Å². The molecule has 110 valence electrons. The molecule has 0 radical (unpaired) electrons. The van der Waals surface area contributed by atoms with E-state index in [1.165, 1.54) is 6.20 Å². The van der Waals surface area contributed by atoms with Crippen molar-refractivity contribution in [1.29, 1.82) is 0 Å². The summed E-state index contributed by atoms with van der Waals surface area (Å²) in [5.74, 6) is -2.03. The molecule has 1 N–H and O–H groups in total. The SMILES string of the molecule is Cc1cc(NCc2cc([N+](=O)[O-])c(F)cc2F)cnc1Br. The van der Waals surface area contributed by atoms with Gasteiger partial charge in [0.05, 0.1) is 16.8 Å². The number of aryl methyl sites for hydroxylation is 1. The third-order valence-electron chi connectivity index (χ3n) is 2.81. The number of rotatable bonds is 4. The molecule has 1 heterocycles. The lowest BCUT2D eigenvalue weighted by Gasteiger charge is -2.09. The van der Waals surface area contributed by atoms with Crippen LogP contribution < -0.4 is 5.32 Å². The molecule has 5 nitrogen and oxygen atoms in total. The van der Waals surface area contributed by atoms with Crippen LogP contribution in [0.15, 0.2) is 29.0 Å². The van der Waals surface area contributed by atoms with Gasteiger partial charge in [-0.1, -0.05) is 0 Å². The van der Waals surface area contributed by atoms with Gasteiger partial charge in [-0.3, -0.25) is 10.1 Å². The van der Waals surface area contributed by atoms with Crippen molar-refractivity contribution in [3.8, 4) is 0 Å². The predicted octanol–water partition coefficient (Wildman–Crippen LogP) is 3.95. The first kappa shape index (κ1) is 15.3. The lowest BCUT2D eigenvalue weighted by molar-refractivity contribution is -0.387. The molecule has 0 unspecified atom stereocenters. The third-order valence-corrected chi connectivity index (χ3v) is 3.64. The summed E-state index contributed by atoms with van der Waals surface area (Å²) in [6, 6.07) is 3.18. The number of nitro groups is 1. The second-order valence-corrected chi connectivity index (χ2v) is 5.09. The Balaban J connectivity index is 2.21. The first-order valence-corrected chi connectivity index (χ1v) is 6.66. The molecule has 0 bridgehead atoms. The molecule has 0 saturated carbocycles. The molecule has 2 aromatic rings. The molecule has 0 aliphatic carbocycles. The summed E-state index contributed by atoms with van der Waals surface area (Å²) in [4.78, 5) is 13.8. The van der Waals surface area contributed by atoms with Crippen molar-refractivity contribution in [2.45, 2.75) is 13.5 Å². The molecular formula is C13H10BrF2N3O2. The number of aromatic nitrogens is 1. The van der Waals surface area contributed by atoms with Gasteiger partial charge in [-0.25, -0.2) is 9.37 Å². The average Bonchev–Trinajstić information content (AvgIpc) is 2.41. The highest BCUT2D eigenvalue weighted by Crippen LogP contribution is 2.23. The van der Waals surface area contributed by atoms with Crippen LogP contribution in [0.1, 0.15) is 11.1 Å². The maximum atomic E-state index is 13.6. The lowest BCUT2D eigenvalue weighted by atomic mass is 10.1. The second kappa shape index (κ2) is 6.13. The Hall–Kier alpha value is -2.09. The van der Waals surface area contributed by atoms with Crippen LogP contribution in [0, 0.1) is 28.7 Å². The number of pyridine rings is 1. The predicted molar refractivity (Wildman–Crippen MR) is 77.0 cm³/mol. The maximum Gasteiger partial charge on any atom is 0.305 e. The molecule has 0 atom stereocenters. The Morgan fingerprint density at radius 2 is 2.05 bits per heavy atom. The summed E-state index contributed by atoms with van der Waals surface area (Å²) in [7, 11) is 0. The quantitative estimate of drug-likeness (QED) is 0.511. The molecule has 1 aromatic carbocycles. The van der Waals surface area contributed by atoms with Gasteiger partial charge in [-0.15, -0.1) is 0 Å². The van der Waals surface area contributed by atoms with Gasteiger partial charge in [0.25, 0.3) is 0 Å². The average molecular weight is 358 g/mol. The van der Waals surface area contributed by atoms with Gasteiger partial charge in [0, 0.05) is 24.2 Å². The minimum Gasteiger partial charge on any atom is -0.380 e. The number of nitrogens with one attached hydrogen (secondary N) is 1. The van der Waals surface area contributed by atoms with Crippen molar-refractivity contribution in [3.63, 3.8) is 0 Å². The van der Waals surface area contributed by atoms with Gasteiger partial charge >= 0.3 is 5.69 Å². The molecule has 0 fully saturated rings. The highest BCUT2D eigenvalue weighted by molar-refractivity contribution is 9.10. The first-order chi connectivity index (χ1) is 9.88. The van der Waals surface area contributed by atoms with Crippen molar-refractivity contribution in [2.24, 2.45) is 0 Å². The summed E-state index contributed by atoms with van der Waals surface area (Å²) in [5, 5.41) is 13.5. The van der Waals surface area contributed by atoms with Gasteiger partial charge in [-0.05, 0) is 34.5 Å². The minimum atomic E-state index is -1.19. The van der Waals surface area contributed by atoms with E-state index in [0.29, 0.717) is 16.4 Å². The van der Waals surface area contributed by atoms with E-state index in [-0.39, 0.29) is 12.1 Å². The number of anilines is 1. The summed E-state index contributed by atoms with van der Waals surface area (Å²) < 4.78 is 27.5. The fraction of sp³-hybridized carbons (Fsp3) is 0.154. The fourth-order valence-electron chi connectivity index (χ4n) is 1.71. The summed E-state index contributed by atoms with van der Waals surface area (Å²) >= 11 is 3.25. The van der Waals surface area contributed by atoms with E-state index in [2.05, 4.69) is 26.2 Å². The highest BCUT2D eigenvalue weighted by Gasteiger charge is 2.18. The molecule has 0 aliphatic rings. The van der Waals surface area contributed by atoms with Gasteiger partial charge < -0.3 is 5.32 Å². The van der Waals surface area contributed by atoms with Crippen LogP contribution in [-0.2, 0) is 6.54 Å². The Morgan fingerprint density at radius 1 is 1.33 bits per heavy atom. The third kappa shape index (κ3) is 3.52. The van der Waals surface area contributed by atoms with Crippen molar-refractivity contribution in [1.82, 2.24) is 4.98 Å². The van der Waals surface area contributed by atoms with Gasteiger partial charge in [0.1, 0.15) is 10.4 Å². The molecule has 2 rings (SSSR count). The Kier molecular flexibility index (Phi) is 4.46. The number of nitro benzene ring substituents is 1. The van der Waals surface area contributed by atoms with Crippen molar-refractivity contribution < 1.29 is 13.7 Å². The zero-order chi connectivity index (χ0) is 15.6. The van der Waals surface area contributed by atoms with E-state index in [1.54, 1.807) is 6.07 Å². The van der Waals surface area contributed by atoms with Crippen LogP contribution >= 0.6 is 15.9 Å². The minimum absolute atomic E-state index is 0.00340. The van der Waals surface area contributed by atoms with Gasteiger partial charge in [0.15, 0.2) is 0 Å². The number of benzene rings is 1. The van der Waals surface area contributed by atoms with Crippen molar-refractivity contribution >= 4 is 27.3 Å². The van der Waals surface area contributed by atoms with E-state index in [0.717, 1.165) is 11.6 Å². The number of hydrogen-bond acceptors (Lipinski definition) is 4. The summed E-state index contributed by atoms with van der Waals surface area (Å²) in [5.41, 5.74) is 0.759. The zero-order valence-corrected chi connectivity index (χ0v) is 12.4. The lowest BCUT2D eigenvalue weighted by Crippen LogP contribution is -2.05. The van der Waals surface area contributed by atoms with Crippen LogP contribution in [0.4, 0.5) is 20.2 Å². The monoisotopic (exact) mass is 357 g/mol. The Bertz CT molecular complexity index is 710. The van der Waals surface area contributed by atoms with E-state index >= 15 is 0 Å². The zero-order valence-electron chi connectivity index (χ0n) is 10.9. The Morgan fingerprint density at radius 3 is 2.67 bits per heavy atom. The van der Waals surface area contributed by atoms with Crippen molar-refractivity contribution in [3.05, 3.63) is 61.9 Å². The Labute approximate surface area is 127 Å². The molecule has 0 spiro atoms. The standard InChI is InChI=1S/C13H10BrF2N3O2/c1-7-2-9(6-18-13(7)14)17-5-8-3-12(19(20)21)11(16)4-10(8)15/h2-4,6,17H,5H2,1H3. The normalized spacial score (nSPS) is 10.5. The smallest absolute Gasteiger partial charge is 0.305 e. The van der Waals surface area contributed by atoms with Crippen molar-refractivity contribution in [2.75, 3.05) is 5.32 Å². The number of nitrogens with zero attached hydrogens (tertiary/aromatic N) is 2. The topological polar surface area (TPSA) is 68.1 Å². The maximum absolute atomic E-state index is 13.6. The number of hydrogen-bond donors (Lipinski definition) is 1. The highest BCUT2D eigenvalue weighted by atomic mass is 79.9. The molecule has 1 aromatic heterocycles. The molecule has 21 heavy (non-hydrogen) atoms. The van der Waals surface area contributed by atoms with Crippen LogP contribution in [0.5, 0.6) is 0 Å². The molecule has 0 amide bonds. The van der Waals surface area contributed by atoms with Gasteiger partial charge in [-0.2, -0.15) is 4.39 Å². The van der Waals surface area contributed by atoms with Gasteiger partial charge in [0.2, 0.25) is 5.82 Å². The van der Waals surface area contributed by atoms with Crippen LogP contribution in [-0.4, -0.2) is 9.91 Å². The summed E-state index contributed by atoms with van der Waals surface area (Å²) in [6.45, 7) is 1.82. The second-order valence-electron chi connectivity index (χ2n) is 4.34. The van der Waals surface area contributed by atoms with E-state index in [9.17, 15) is 18.9 Å². The largest absolute Gasteiger partial charge is 0.380 e. The van der Waals surface area contributed by atoms with Crippen LogP contribution in [0.3, 0.4) is 0 Å². The molecule has 0 saturated heterocycles. The molecule has 8 heteroatoms. The number of halogens is 3. The first-order valence-electron chi connectivity index (χ1n) is 5.87.